The molecule has 1 fully saturated rings. The molecule has 78 valence electrons. The Labute approximate surface area is 90.6 Å². The Morgan fingerprint density at radius 1 is 1.43 bits per heavy atom. The van der Waals surface area contributed by atoms with Gasteiger partial charge in [0.15, 0.2) is 0 Å². The van der Waals surface area contributed by atoms with E-state index in [0.29, 0.717) is 0 Å². The van der Waals surface area contributed by atoms with Crippen LogP contribution in [0.25, 0.3) is 0 Å². The summed E-state index contributed by atoms with van der Waals surface area (Å²) in [6.07, 6.45) is 5.59. The molecular formula is C8H14N3OS2+. The van der Waals surface area contributed by atoms with Gasteiger partial charge in [-0.3, -0.25) is 0 Å². The second-order valence-electron chi connectivity index (χ2n) is 3.21. The Hall–Kier alpha value is -0.330. The average molecular weight is 232 g/mol. The first kappa shape index (κ1) is 10.2. The molecular weight excluding hydrogens is 218 g/mol. The molecule has 0 N–H and O–H groups in total. The maximum absolute atomic E-state index is 12.0. The molecule has 1 atom stereocenters. The molecule has 1 aliphatic rings. The second kappa shape index (κ2) is 4.46. The van der Waals surface area contributed by atoms with E-state index in [9.17, 15) is 4.21 Å². The van der Waals surface area contributed by atoms with Gasteiger partial charge in [0.2, 0.25) is 0 Å². The lowest BCUT2D eigenvalue weighted by Crippen LogP contribution is -2.37. The maximum atomic E-state index is 12.0. The third-order valence-electron chi connectivity index (χ3n) is 2.12. The Kier molecular flexibility index (Phi) is 3.25. The van der Waals surface area contributed by atoms with E-state index in [1.54, 1.807) is 3.97 Å². The summed E-state index contributed by atoms with van der Waals surface area (Å²) in [5.41, 5.74) is 0. The molecule has 0 saturated carbocycles. The monoisotopic (exact) mass is 232 g/mol. The number of hydrogen-bond acceptors (Lipinski definition) is 2. The summed E-state index contributed by atoms with van der Waals surface area (Å²) in [5.74, 6) is 2.16. The topological polar surface area (TPSA) is 29.1 Å². The summed E-state index contributed by atoms with van der Waals surface area (Å²) in [6.45, 7) is 1.83. The Morgan fingerprint density at radius 3 is 2.71 bits per heavy atom. The highest BCUT2D eigenvalue weighted by atomic mass is 32.2. The first-order valence-electron chi connectivity index (χ1n) is 4.55. The van der Waals surface area contributed by atoms with Crippen molar-refractivity contribution in [3.8, 4) is 0 Å². The fourth-order valence-corrected chi connectivity index (χ4v) is 3.64. The van der Waals surface area contributed by atoms with Gasteiger partial charge in [-0.25, -0.2) is 4.57 Å². The number of thioether (sulfide) groups is 1. The number of rotatable bonds is 2. The van der Waals surface area contributed by atoms with Crippen LogP contribution in [0.2, 0.25) is 0 Å². The van der Waals surface area contributed by atoms with Gasteiger partial charge in [-0.05, 0) is 0 Å². The first-order chi connectivity index (χ1) is 6.77. The fourth-order valence-electron chi connectivity index (χ4n) is 1.36. The molecule has 0 radical (unpaired) electrons. The number of nitrogens with zero attached hydrogens (tertiary/aromatic N) is 3. The predicted octanol–water partition coefficient (Wildman–Crippen LogP) is -0.212. The van der Waals surface area contributed by atoms with Crippen LogP contribution >= 0.6 is 11.8 Å². The maximum Gasteiger partial charge on any atom is 0.290 e. The van der Waals surface area contributed by atoms with Crippen molar-refractivity contribution >= 4 is 22.9 Å². The number of imidazole rings is 1. The number of hydrogen-bond donors (Lipinski definition) is 0. The molecule has 1 saturated heterocycles. The van der Waals surface area contributed by atoms with E-state index in [1.807, 2.05) is 46.4 Å². The van der Waals surface area contributed by atoms with Gasteiger partial charge in [0, 0.05) is 24.6 Å². The van der Waals surface area contributed by atoms with Crippen LogP contribution in [0.15, 0.2) is 18.7 Å². The summed E-state index contributed by atoms with van der Waals surface area (Å²) in [7, 11) is 1.93. The summed E-state index contributed by atoms with van der Waals surface area (Å²) in [6, 6.07) is 0. The van der Waals surface area contributed by atoms with E-state index < -0.39 is 11.2 Å². The van der Waals surface area contributed by atoms with Crippen molar-refractivity contribution in [1.29, 1.82) is 0 Å². The van der Waals surface area contributed by atoms with Crippen molar-refractivity contribution in [1.82, 2.24) is 8.28 Å². The normalized spacial score (nSPS) is 20.9. The van der Waals surface area contributed by atoms with Gasteiger partial charge in [-0.15, -0.1) is 3.97 Å². The van der Waals surface area contributed by atoms with Gasteiger partial charge in [0.1, 0.15) is 12.4 Å². The molecule has 0 aliphatic carbocycles. The summed E-state index contributed by atoms with van der Waals surface area (Å²) in [5, 5.41) is 0. The highest BCUT2D eigenvalue weighted by Gasteiger charge is 2.21. The van der Waals surface area contributed by atoms with Gasteiger partial charge in [0.25, 0.3) is 17.5 Å². The lowest BCUT2D eigenvalue weighted by Gasteiger charge is -2.21. The Morgan fingerprint density at radius 2 is 2.14 bits per heavy atom. The molecule has 4 nitrogen and oxygen atoms in total. The van der Waals surface area contributed by atoms with E-state index >= 15 is 0 Å². The molecule has 1 aromatic rings. The van der Waals surface area contributed by atoms with Gasteiger partial charge in [-0.2, -0.15) is 20.3 Å². The summed E-state index contributed by atoms with van der Waals surface area (Å²) >= 11 is 0.893. The van der Waals surface area contributed by atoms with Crippen LogP contribution in [0.1, 0.15) is 0 Å². The number of aryl methyl sites for hydroxylation is 1. The van der Waals surface area contributed by atoms with Crippen LogP contribution in [-0.2, 0) is 18.2 Å². The lowest BCUT2D eigenvalue weighted by molar-refractivity contribution is -0.670. The van der Waals surface area contributed by atoms with Crippen molar-refractivity contribution < 1.29 is 8.78 Å². The Bertz CT molecular complexity index is 333. The molecule has 1 aliphatic heterocycles. The van der Waals surface area contributed by atoms with Gasteiger partial charge >= 0.3 is 0 Å². The Balaban J connectivity index is 2.07. The van der Waals surface area contributed by atoms with Crippen LogP contribution in [0.5, 0.6) is 0 Å². The van der Waals surface area contributed by atoms with E-state index in [2.05, 4.69) is 0 Å². The molecule has 1 unspecified atom stereocenters. The van der Waals surface area contributed by atoms with Crippen LogP contribution in [-0.4, -0.2) is 37.1 Å². The van der Waals surface area contributed by atoms with Gasteiger partial charge < -0.3 is 0 Å². The van der Waals surface area contributed by atoms with Crippen molar-refractivity contribution in [3.05, 3.63) is 18.7 Å². The van der Waals surface area contributed by atoms with E-state index in [0.717, 1.165) is 24.6 Å². The van der Waals surface area contributed by atoms with Crippen LogP contribution < -0.4 is 4.57 Å². The third kappa shape index (κ3) is 2.18. The van der Waals surface area contributed by atoms with E-state index in [-0.39, 0.29) is 0 Å². The zero-order chi connectivity index (χ0) is 9.97. The molecule has 2 heterocycles. The van der Waals surface area contributed by atoms with Crippen molar-refractivity contribution in [2.75, 3.05) is 24.6 Å². The van der Waals surface area contributed by atoms with E-state index in [1.165, 1.54) is 0 Å². The molecule has 2 rings (SSSR count). The quantitative estimate of drug-likeness (QED) is 0.660. The highest BCUT2D eigenvalue weighted by Crippen LogP contribution is 2.11. The summed E-state index contributed by atoms with van der Waals surface area (Å²) in [4.78, 5) is 0. The van der Waals surface area contributed by atoms with Gasteiger partial charge in [0.05, 0.1) is 7.05 Å². The minimum absolute atomic E-state index is 0.916. The van der Waals surface area contributed by atoms with E-state index in [4.69, 9.17) is 0 Å². The van der Waals surface area contributed by atoms with Crippen LogP contribution in [0.4, 0.5) is 0 Å². The standard InChI is InChI=1S/C8H14N3OS2/c1-9-2-3-11(8-9)14(12)10-4-6-13-7-5-10/h2-3,8H,4-7H2,1H3/q+1. The lowest BCUT2D eigenvalue weighted by atomic mass is 10.6. The zero-order valence-corrected chi connectivity index (χ0v) is 9.76. The zero-order valence-electron chi connectivity index (χ0n) is 8.13. The van der Waals surface area contributed by atoms with Crippen molar-refractivity contribution in [3.63, 3.8) is 0 Å². The fraction of sp³-hybridized carbons (Fsp3) is 0.625. The van der Waals surface area contributed by atoms with Crippen molar-refractivity contribution in [2.24, 2.45) is 7.05 Å². The highest BCUT2D eigenvalue weighted by molar-refractivity contribution is 7.99. The average Bonchev–Trinajstić information content (AvgIpc) is 2.65. The van der Waals surface area contributed by atoms with Crippen LogP contribution in [0, 0.1) is 0 Å². The molecule has 0 aromatic carbocycles. The first-order valence-corrected chi connectivity index (χ1v) is 6.77. The minimum atomic E-state index is -1.03. The molecule has 0 bridgehead atoms. The number of aromatic nitrogens is 2. The smallest absolute Gasteiger partial charge is 0.239 e. The van der Waals surface area contributed by atoms with Crippen LogP contribution in [0.3, 0.4) is 0 Å². The van der Waals surface area contributed by atoms with Gasteiger partial charge in [-0.1, -0.05) is 0 Å². The molecule has 1 aromatic heterocycles. The van der Waals surface area contributed by atoms with Crippen molar-refractivity contribution in [2.45, 2.75) is 0 Å². The minimum Gasteiger partial charge on any atom is -0.239 e. The largest absolute Gasteiger partial charge is 0.290 e. The molecule has 0 amide bonds. The third-order valence-corrected chi connectivity index (χ3v) is 4.44. The summed E-state index contributed by atoms with van der Waals surface area (Å²) < 4.78 is 17.6. The molecule has 14 heavy (non-hydrogen) atoms. The second-order valence-corrected chi connectivity index (χ2v) is 5.84. The SMILES string of the molecule is C[n+]1ccn(S(=O)N2CCSCC2)c1. The predicted molar refractivity (Wildman–Crippen MR) is 58.0 cm³/mol. The molecule has 6 heteroatoms. The molecule has 0 spiro atoms.